The van der Waals surface area contributed by atoms with Gasteiger partial charge in [0.25, 0.3) is 0 Å². The molecule has 2 aliphatic rings. The lowest BCUT2D eigenvalue weighted by Crippen LogP contribution is -2.29. The van der Waals surface area contributed by atoms with Crippen molar-refractivity contribution in [2.45, 2.75) is 0 Å². The number of ether oxygens (including phenoxy) is 2. The standard InChI is InChI=1S/C9H10N2O4S/c12-16(13)10-3-4-11(16)7-1-2-8-9(5-7)15-6-14-8/h1-2,5,10H,3-4,6H2. The van der Waals surface area contributed by atoms with Crippen LogP contribution in [0.25, 0.3) is 0 Å². The number of hydrogen-bond donors (Lipinski definition) is 1. The van der Waals surface area contributed by atoms with Crippen molar-refractivity contribution in [3.05, 3.63) is 18.2 Å². The van der Waals surface area contributed by atoms with Gasteiger partial charge in [0.2, 0.25) is 6.79 Å². The molecule has 0 aliphatic carbocycles. The average Bonchev–Trinajstić information content (AvgIpc) is 2.82. The Labute approximate surface area is 92.9 Å². The number of fused-ring (bicyclic) bond motifs is 1. The molecule has 86 valence electrons. The first kappa shape index (κ1) is 9.73. The molecule has 0 aromatic heterocycles. The van der Waals surface area contributed by atoms with Crippen LogP contribution in [0.5, 0.6) is 11.5 Å². The van der Waals surface area contributed by atoms with Crippen molar-refractivity contribution in [2.24, 2.45) is 0 Å². The summed E-state index contributed by atoms with van der Waals surface area (Å²) in [4.78, 5) is 0. The summed E-state index contributed by atoms with van der Waals surface area (Å²) in [6.45, 7) is 1.04. The van der Waals surface area contributed by atoms with Crippen LogP contribution in [0.15, 0.2) is 18.2 Å². The molecule has 0 unspecified atom stereocenters. The molecule has 7 heteroatoms. The lowest BCUT2D eigenvalue weighted by Gasteiger charge is -2.15. The Morgan fingerprint density at radius 3 is 2.81 bits per heavy atom. The van der Waals surface area contributed by atoms with E-state index in [4.69, 9.17) is 9.47 Å². The molecule has 0 atom stereocenters. The van der Waals surface area contributed by atoms with Crippen molar-refractivity contribution in [3.8, 4) is 11.5 Å². The summed E-state index contributed by atoms with van der Waals surface area (Å²) < 4.78 is 37.3. The summed E-state index contributed by atoms with van der Waals surface area (Å²) in [5, 5.41) is 0. The van der Waals surface area contributed by atoms with Crippen molar-refractivity contribution in [2.75, 3.05) is 24.2 Å². The molecule has 0 amide bonds. The van der Waals surface area contributed by atoms with E-state index in [2.05, 4.69) is 4.72 Å². The topological polar surface area (TPSA) is 67.9 Å². The normalized spacial score (nSPS) is 21.4. The van der Waals surface area contributed by atoms with E-state index in [-0.39, 0.29) is 6.79 Å². The lowest BCUT2D eigenvalue weighted by molar-refractivity contribution is 0.174. The van der Waals surface area contributed by atoms with Crippen LogP contribution in [0.3, 0.4) is 0 Å². The van der Waals surface area contributed by atoms with Crippen LogP contribution in [0.2, 0.25) is 0 Å². The first-order valence-electron chi connectivity index (χ1n) is 4.84. The molecule has 16 heavy (non-hydrogen) atoms. The highest BCUT2D eigenvalue weighted by atomic mass is 32.2. The largest absolute Gasteiger partial charge is 0.454 e. The highest BCUT2D eigenvalue weighted by Gasteiger charge is 2.29. The minimum absolute atomic E-state index is 0.184. The minimum atomic E-state index is -3.37. The van der Waals surface area contributed by atoms with Gasteiger partial charge in [-0.25, -0.2) is 0 Å². The van der Waals surface area contributed by atoms with Crippen molar-refractivity contribution >= 4 is 15.9 Å². The number of rotatable bonds is 1. The van der Waals surface area contributed by atoms with E-state index in [9.17, 15) is 8.42 Å². The van der Waals surface area contributed by atoms with Gasteiger partial charge in [0, 0.05) is 19.2 Å². The van der Waals surface area contributed by atoms with Crippen molar-refractivity contribution in [3.63, 3.8) is 0 Å². The van der Waals surface area contributed by atoms with Gasteiger partial charge in [-0.05, 0) is 12.1 Å². The van der Waals surface area contributed by atoms with Gasteiger partial charge in [-0.1, -0.05) is 0 Å². The molecular weight excluding hydrogens is 232 g/mol. The smallest absolute Gasteiger partial charge is 0.301 e. The Hall–Kier alpha value is -1.47. The molecule has 0 spiro atoms. The SMILES string of the molecule is O=S1(=O)NCCN1c1ccc2c(c1)OCO2. The number of nitrogens with zero attached hydrogens (tertiary/aromatic N) is 1. The number of hydrogen-bond acceptors (Lipinski definition) is 4. The molecule has 3 rings (SSSR count). The first-order chi connectivity index (χ1) is 7.67. The minimum Gasteiger partial charge on any atom is -0.454 e. The average molecular weight is 242 g/mol. The summed E-state index contributed by atoms with van der Waals surface area (Å²) in [7, 11) is -3.37. The number of anilines is 1. The Balaban J connectivity index is 2.01. The molecule has 0 saturated carbocycles. The van der Waals surface area contributed by atoms with E-state index in [0.29, 0.717) is 30.3 Å². The summed E-state index contributed by atoms with van der Waals surface area (Å²) in [6.07, 6.45) is 0. The highest BCUT2D eigenvalue weighted by molar-refractivity contribution is 7.91. The maximum absolute atomic E-state index is 11.6. The van der Waals surface area contributed by atoms with Gasteiger partial charge in [-0.3, -0.25) is 4.31 Å². The van der Waals surface area contributed by atoms with Crippen LogP contribution in [-0.2, 0) is 10.2 Å². The van der Waals surface area contributed by atoms with E-state index < -0.39 is 10.2 Å². The lowest BCUT2D eigenvalue weighted by atomic mass is 10.3. The molecule has 1 saturated heterocycles. The van der Waals surface area contributed by atoms with Crippen LogP contribution >= 0.6 is 0 Å². The van der Waals surface area contributed by atoms with Crippen molar-refractivity contribution < 1.29 is 17.9 Å². The van der Waals surface area contributed by atoms with Gasteiger partial charge in [0.15, 0.2) is 11.5 Å². The molecular formula is C9H10N2O4S. The summed E-state index contributed by atoms with van der Waals surface area (Å²) in [6, 6.07) is 5.09. The van der Waals surface area contributed by atoms with Crippen LogP contribution < -0.4 is 18.5 Å². The van der Waals surface area contributed by atoms with Crippen LogP contribution in [0.4, 0.5) is 5.69 Å². The molecule has 2 aliphatic heterocycles. The molecule has 1 fully saturated rings. The third-order valence-corrected chi connectivity index (χ3v) is 4.08. The first-order valence-corrected chi connectivity index (χ1v) is 6.28. The second kappa shape index (κ2) is 3.26. The van der Waals surface area contributed by atoms with Crippen LogP contribution in [0, 0.1) is 0 Å². The monoisotopic (exact) mass is 242 g/mol. The highest BCUT2D eigenvalue weighted by Crippen LogP contribution is 2.36. The van der Waals surface area contributed by atoms with E-state index in [1.807, 2.05) is 0 Å². The summed E-state index contributed by atoms with van der Waals surface area (Å²) in [5.74, 6) is 1.23. The van der Waals surface area contributed by atoms with E-state index in [1.54, 1.807) is 18.2 Å². The molecule has 1 aromatic carbocycles. The van der Waals surface area contributed by atoms with Gasteiger partial charge < -0.3 is 9.47 Å². The van der Waals surface area contributed by atoms with Gasteiger partial charge in [0.05, 0.1) is 5.69 Å². The van der Waals surface area contributed by atoms with E-state index in [1.165, 1.54) is 4.31 Å². The quantitative estimate of drug-likeness (QED) is 0.756. The second-order valence-electron chi connectivity index (χ2n) is 3.51. The van der Waals surface area contributed by atoms with Crippen LogP contribution in [0.1, 0.15) is 0 Å². The molecule has 2 heterocycles. The predicted molar refractivity (Wildman–Crippen MR) is 56.8 cm³/mol. The molecule has 0 bridgehead atoms. The number of benzene rings is 1. The Kier molecular flexibility index (Phi) is 1.98. The number of nitrogens with one attached hydrogen (secondary N) is 1. The molecule has 1 aromatic rings. The van der Waals surface area contributed by atoms with Gasteiger partial charge in [0.1, 0.15) is 0 Å². The zero-order valence-corrected chi connectivity index (χ0v) is 9.16. The molecule has 6 nitrogen and oxygen atoms in total. The van der Waals surface area contributed by atoms with E-state index >= 15 is 0 Å². The zero-order valence-electron chi connectivity index (χ0n) is 8.34. The zero-order chi connectivity index (χ0) is 11.2. The molecule has 0 radical (unpaired) electrons. The van der Waals surface area contributed by atoms with Crippen LogP contribution in [-0.4, -0.2) is 28.3 Å². The maximum atomic E-state index is 11.6. The predicted octanol–water partition coefficient (Wildman–Crippen LogP) is 0.0697. The maximum Gasteiger partial charge on any atom is 0.301 e. The molecule has 1 N–H and O–H groups in total. The fourth-order valence-corrected chi connectivity index (χ4v) is 3.01. The van der Waals surface area contributed by atoms with Gasteiger partial charge >= 0.3 is 10.2 Å². The Morgan fingerprint density at radius 2 is 2.06 bits per heavy atom. The summed E-state index contributed by atoms with van der Waals surface area (Å²) >= 11 is 0. The van der Waals surface area contributed by atoms with Gasteiger partial charge in [-0.2, -0.15) is 13.1 Å². The van der Waals surface area contributed by atoms with E-state index in [0.717, 1.165) is 0 Å². The van der Waals surface area contributed by atoms with Crippen molar-refractivity contribution in [1.29, 1.82) is 0 Å². The second-order valence-corrected chi connectivity index (χ2v) is 5.19. The third kappa shape index (κ3) is 1.40. The fourth-order valence-electron chi connectivity index (χ4n) is 1.78. The third-order valence-electron chi connectivity index (χ3n) is 2.53. The fraction of sp³-hybridized carbons (Fsp3) is 0.333. The Bertz CT molecular complexity index is 528. The Morgan fingerprint density at radius 1 is 1.25 bits per heavy atom. The summed E-state index contributed by atoms with van der Waals surface area (Å²) in [5.41, 5.74) is 0.592. The van der Waals surface area contributed by atoms with Crippen molar-refractivity contribution in [1.82, 2.24) is 4.72 Å². The van der Waals surface area contributed by atoms with Gasteiger partial charge in [-0.15, -0.1) is 0 Å².